The third kappa shape index (κ3) is 2.78. The van der Waals surface area contributed by atoms with Gasteiger partial charge >= 0.3 is 0 Å². The van der Waals surface area contributed by atoms with Gasteiger partial charge in [-0.3, -0.25) is 9.36 Å². The van der Waals surface area contributed by atoms with Crippen molar-refractivity contribution < 1.29 is 0 Å². The number of fused-ring (bicyclic) bond motifs is 1. The molecule has 114 valence electrons. The average molecular weight is 403 g/mol. The van der Waals surface area contributed by atoms with Crippen molar-refractivity contribution in [2.75, 3.05) is 0 Å². The minimum Gasteiger partial charge on any atom is -0.293 e. The summed E-state index contributed by atoms with van der Waals surface area (Å²) in [6, 6.07) is 12.0. The fraction of sp³-hybridized carbons (Fsp3) is 0.0588. The molecule has 0 amide bonds. The van der Waals surface area contributed by atoms with Gasteiger partial charge in [0.15, 0.2) is 0 Å². The molecule has 0 aliphatic heterocycles. The van der Waals surface area contributed by atoms with Crippen LogP contribution < -0.4 is 5.56 Å². The average Bonchev–Trinajstić information content (AvgIpc) is 3.21. The van der Waals surface area contributed by atoms with Crippen LogP contribution in [-0.2, 0) is 6.54 Å². The highest BCUT2D eigenvalue weighted by Gasteiger charge is 2.13. The molecule has 0 saturated carbocycles. The van der Waals surface area contributed by atoms with Crippen molar-refractivity contribution in [3.63, 3.8) is 0 Å². The second-order valence-corrected chi connectivity index (χ2v) is 7.90. The number of hydrogen-bond donors (Lipinski definition) is 0. The van der Waals surface area contributed by atoms with Crippen LogP contribution in [0.3, 0.4) is 0 Å². The van der Waals surface area contributed by atoms with Gasteiger partial charge in [0.1, 0.15) is 4.83 Å². The van der Waals surface area contributed by atoms with Crippen molar-refractivity contribution in [3.05, 3.63) is 73.2 Å². The van der Waals surface area contributed by atoms with E-state index in [1.807, 2.05) is 47.2 Å². The molecule has 0 atom stereocenters. The topological polar surface area (TPSA) is 34.9 Å². The fourth-order valence-corrected chi connectivity index (χ4v) is 4.37. The lowest BCUT2D eigenvalue weighted by Crippen LogP contribution is -2.20. The molecular formula is C17H11BrN2OS2. The maximum atomic E-state index is 12.9. The SMILES string of the molecule is O=c1c2c(-c3ccc(Br)cc3)csc2ncn1Cc1cccs1. The van der Waals surface area contributed by atoms with E-state index in [1.165, 1.54) is 11.3 Å². The summed E-state index contributed by atoms with van der Waals surface area (Å²) in [7, 11) is 0. The van der Waals surface area contributed by atoms with Gasteiger partial charge in [0, 0.05) is 20.3 Å². The van der Waals surface area contributed by atoms with Crippen LogP contribution in [0.15, 0.2) is 62.8 Å². The van der Waals surface area contributed by atoms with E-state index in [-0.39, 0.29) is 5.56 Å². The first kappa shape index (κ1) is 14.8. The molecule has 23 heavy (non-hydrogen) atoms. The van der Waals surface area contributed by atoms with Gasteiger partial charge in [-0.1, -0.05) is 34.1 Å². The number of benzene rings is 1. The minimum atomic E-state index is 0.0163. The summed E-state index contributed by atoms with van der Waals surface area (Å²) in [5, 5.41) is 4.73. The summed E-state index contributed by atoms with van der Waals surface area (Å²) in [5.74, 6) is 0. The summed E-state index contributed by atoms with van der Waals surface area (Å²) in [6.45, 7) is 0.565. The highest BCUT2D eigenvalue weighted by molar-refractivity contribution is 9.10. The zero-order valence-electron chi connectivity index (χ0n) is 11.9. The Kier molecular flexibility index (Phi) is 3.88. The lowest BCUT2D eigenvalue weighted by atomic mass is 10.1. The normalized spacial score (nSPS) is 11.2. The van der Waals surface area contributed by atoms with Crippen LogP contribution in [0.1, 0.15) is 4.88 Å². The predicted molar refractivity (Wildman–Crippen MR) is 100 cm³/mol. The van der Waals surface area contributed by atoms with Crippen molar-refractivity contribution in [2.45, 2.75) is 6.54 Å². The van der Waals surface area contributed by atoms with Crippen LogP contribution in [0, 0.1) is 0 Å². The predicted octanol–water partition coefficient (Wildman–Crippen LogP) is 5.00. The summed E-state index contributed by atoms with van der Waals surface area (Å²) in [5.41, 5.74) is 2.00. The second-order valence-electron chi connectivity index (χ2n) is 5.09. The molecule has 0 aliphatic rings. The Balaban J connectivity index is 1.87. The second kappa shape index (κ2) is 6.03. The molecule has 4 rings (SSSR count). The quantitative estimate of drug-likeness (QED) is 0.483. The van der Waals surface area contributed by atoms with E-state index in [0.717, 1.165) is 25.3 Å². The molecule has 0 fully saturated rings. The summed E-state index contributed by atoms with van der Waals surface area (Å²) in [6.07, 6.45) is 1.65. The molecule has 6 heteroatoms. The summed E-state index contributed by atoms with van der Waals surface area (Å²) in [4.78, 5) is 19.3. The fourth-order valence-electron chi connectivity index (χ4n) is 2.49. The standard InChI is InChI=1S/C17H11BrN2OS2/c18-12-5-3-11(4-6-12)14-9-23-16-15(14)17(21)20(10-19-16)8-13-2-1-7-22-13/h1-7,9-10H,8H2. The van der Waals surface area contributed by atoms with Gasteiger partial charge in [0.05, 0.1) is 18.3 Å². The van der Waals surface area contributed by atoms with E-state index < -0.39 is 0 Å². The molecule has 3 aromatic heterocycles. The van der Waals surface area contributed by atoms with Gasteiger partial charge in [-0.15, -0.1) is 22.7 Å². The Hall–Kier alpha value is -1.76. The maximum absolute atomic E-state index is 12.9. The van der Waals surface area contributed by atoms with E-state index in [0.29, 0.717) is 11.9 Å². The summed E-state index contributed by atoms with van der Waals surface area (Å²) >= 11 is 6.60. The Morgan fingerprint density at radius 2 is 1.96 bits per heavy atom. The van der Waals surface area contributed by atoms with Gasteiger partial charge in [-0.2, -0.15) is 0 Å². The third-order valence-electron chi connectivity index (χ3n) is 3.62. The van der Waals surface area contributed by atoms with Gasteiger partial charge in [0.25, 0.3) is 5.56 Å². The zero-order chi connectivity index (χ0) is 15.8. The molecule has 0 unspecified atom stereocenters. The van der Waals surface area contributed by atoms with Crippen molar-refractivity contribution in [2.24, 2.45) is 0 Å². The molecule has 0 N–H and O–H groups in total. The van der Waals surface area contributed by atoms with Crippen LogP contribution in [0.25, 0.3) is 21.3 Å². The lowest BCUT2D eigenvalue weighted by molar-refractivity contribution is 0.759. The largest absolute Gasteiger partial charge is 0.293 e. The van der Waals surface area contributed by atoms with Crippen LogP contribution >= 0.6 is 38.6 Å². The van der Waals surface area contributed by atoms with Crippen LogP contribution in [0.5, 0.6) is 0 Å². The molecule has 1 aromatic carbocycles. The first-order valence-corrected chi connectivity index (χ1v) is 9.52. The molecular weight excluding hydrogens is 392 g/mol. The van der Waals surface area contributed by atoms with Crippen molar-refractivity contribution in [1.29, 1.82) is 0 Å². The Morgan fingerprint density at radius 1 is 1.13 bits per heavy atom. The van der Waals surface area contributed by atoms with Crippen molar-refractivity contribution >= 4 is 48.8 Å². The molecule has 0 bridgehead atoms. The molecule has 3 nitrogen and oxygen atoms in total. The minimum absolute atomic E-state index is 0.0163. The van der Waals surface area contributed by atoms with Crippen LogP contribution in [0.4, 0.5) is 0 Å². The van der Waals surface area contributed by atoms with Gasteiger partial charge in [-0.25, -0.2) is 4.98 Å². The first-order chi connectivity index (χ1) is 11.2. The van der Waals surface area contributed by atoms with Gasteiger partial charge in [-0.05, 0) is 29.1 Å². The highest BCUT2D eigenvalue weighted by Crippen LogP contribution is 2.31. The molecule has 4 aromatic rings. The lowest BCUT2D eigenvalue weighted by Gasteiger charge is -2.05. The van der Waals surface area contributed by atoms with Crippen LogP contribution in [-0.4, -0.2) is 9.55 Å². The number of hydrogen-bond acceptors (Lipinski definition) is 4. The monoisotopic (exact) mass is 402 g/mol. The van der Waals surface area contributed by atoms with E-state index >= 15 is 0 Å². The van der Waals surface area contributed by atoms with Gasteiger partial charge in [0.2, 0.25) is 0 Å². The number of thiophene rings is 2. The number of nitrogens with zero attached hydrogens (tertiary/aromatic N) is 2. The molecule has 3 heterocycles. The molecule has 0 aliphatic carbocycles. The Morgan fingerprint density at radius 3 is 2.70 bits per heavy atom. The first-order valence-electron chi connectivity index (χ1n) is 6.97. The number of rotatable bonds is 3. The smallest absolute Gasteiger partial charge is 0.263 e. The Labute approximate surface area is 149 Å². The molecule has 0 radical (unpaired) electrons. The number of aromatic nitrogens is 2. The summed E-state index contributed by atoms with van der Waals surface area (Å²) < 4.78 is 2.71. The molecule has 0 spiro atoms. The van der Waals surface area contributed by atoms with Crippen molar-refractivity contribution in [1.82, 2.24) is 9.55 Å². The van der Waals surface area contributed by atoms with E-state index in [9.17, 15) is 4.79 Å². The molecule has 0 saturated heterocycles. The zero-order valence-corrected chi connectivity index (χ0v) is 15.1. The third-order valence-corrected chi connectivity index (χ3v) is 5.90. The van der Waals surface area contributed by atoms with E-state index in [1.54, 1.807) is 22.2 Å². The Bertz CT molecular complexity index is 1020. The van der Waals surface area contributed by atoms with Crippen LogP contribution in [0.2, 0.25) is 0 Å². The van der Waals surface area contributed by atoms with E-state index in [4.69, 9.17) is 0 Å². The highest BCUT2D eigenvalue weighted by atomic mass is 79.9. The number of halogens is 1. The van der Waals surface area contributed by atoms with Gasteiger partial charge < -0.3 is 0 Å². The maximum Gasteiger partial charge on any atom is 0.263 e. The van der Waals surface area contributed by atoms with Crippen molar-refractivity contribution in [3.8, 4) is 11.1 Å². The van der Waals surface area contributed by atoms with E-state index in [2.05, 4.69) is 20.9 Å².